The molecule has 13 rings (SSSR count). The summed E-state index contributed by atoms with van der Waals surface area (Å²) in [7, 11) is 0. The summed E-state index contributed by atoms with van der Waals surface area (Å²) in [5.41, 5.74) is 25.2. The first kappa shape index (κ1) is 52.7. The molecule has 11 aromatic carbocycles. The lowest BCUT2D eigenvalue weighted by Gasteiger charge is -2.22. The lowest BCUT2D eigenvalue weighted by Crippen LogP contribution is -2.09. The minimum atomic E-state index is -4.67. The third-order valence-electron chi connectivity index (χ3n) is 16.5. The van der Waals surface area contributed by atoms with Crippen molar-refractivity contribution >= 4 is 43.6 Å². The third kappa shape index (κ3) is 9.46. The predicted octanol–water partition coefficient (Wildman–Crippen LogP) is 21.5. The molecule has 13 aromatic rings. The van der Waals surface area contributed by atoms with Crippen LogP contribution in [0.15, 0.2) is 200 Å². The van der Waals surface area contributed by atoms with Crippen molar-refractivity contribution < 1.29 is 13.2 Å². The number of hydrogen-bond donors (Lipinski definition) is 0. The van der Waals surface area contributed by atoms with Gasteiger partial charge in [0.05, 0.1) is 45.0 Å². The molecule has 0 saturated carbocycles. The summed E-state index contributed by atoms with van der Waals surface area (Å²) in [5, 5.41) is 15.0. The first-order valence-corrected chi connectivity index (χ1v) is 28.2. The van der Waals surface area contributed by atoms with Gasteiger partial charge in [0.1, 0.15) is 0 Å². The van der Waals surface area contributed by atoms with Crippen molar-refractivity contribution in [3.05, 3.63) is 261 Å². The highest BCUT2D eigenvalue weighted by Gasteiger charge is 2.35. The normalized spacial score (nSPS) is 11.8. The molecule has 6 heteroatoms. The van der Waals surface area contributed by atoms with E-state index in [2.05, 4.69) is 216 Å². The lowest BCUT2D eigenvalue weighted by molar-refractivity contribution is -0.137. The molecule has 0 aliphatic heterocycles. The summed E-state index contributed by atoms with van der Waals surface area (Å²) < 4.78 is 51.3. The quantitative estimate of drug-likeness (QED) is 0.149. The average Bonchev–Trinajstić information content (AvgIpc) is 3.12. The Morgan fingerprint density at radius 1 is 0.337 bits per heavy atom. The van der Waals surface area contributed by atoms with Crippen LogP contribution in [0.25, 0.3) is 122 Å². The van der Waals surface area contributed by atoms with Crippen molar-refractivity contribution in [3.8, 4) is 84.2 Å². The number of alkyl halides is 3. The number of hydrogen-bond acceptors (Lipinski definition) is 1. The van der Waals surface area contributed by atoms with Crippen LogP contribution in [-0.4, -0.2) is 9.13 Å². The van der Waals surface area contributed by atoms with Crippen molar-refractivity contribution in [1.82, 2.24) is 9.13 Å². The van der Waals surface area contributed by atoms with Crippen LogP contribution in [0.2, 0.25) is 0 Å². The Morgan fingerprint density at radius 2 is 0.723 bits per heavy atom. The van der Waals surface area contributed by atoms with Gasteiger partial charge in [-0.05, 0) is 214 Å². The van der Waals surface area contributed by atoms with Crippen LogP contribution in [0.5, 0.6) is 0 Å². The highest BCUT2D eigenvalue weighted by atomic mass is 19.4. The predicted molar refractivity (Wildman–Crippen MR) is 340 cm³/mol. The van der Waals surface area contributed by atoms with E-state index in [4.69, 9.17) is 0 Å². The number of aromatic nitrogens is 2. The minimum absolute atomic E-state index is 0.0895. The number of rotatable bonds is 8. The standard InChI is InChI=1S/C77H60F3N3/c1-44-25-45(2)30-58(29-44)54-14-21-71-66(38-54)67-39-55(59-31-46(3)26-47(4)32-59)15-22-72(67)82(71)62-18-19-63(76-52(9)11-10-12-70(76)77(78,79)80)64(42-62)65-37-53(43-81)13-20-73(65)83-74-23-16-56(60-33-48(5)27-49(6)34-60)40-68(74)69-41-57(17-24-75(69)83)61-35-50(7)28-51(8)36-61/h10-42H,1-9H3. The van der Waals surface area contributed by atoms with Crippen LogP contribution < -0.4 is 0 Å². The van der Waals surface area contributed by atoms with Crippen molar-refractivity contribution in [1.29, 1.82) is 5.26 Å². The van der Waals surface area contributed by atoms with Gasteiger partial charge in [0.25, 0.3) is 0 Å². The number of nitriles is 1. The molecule has 0 radical (unpaired) electrons. The maximum Gasteiger partial charge on any atom is 0.417 e. The summed E-state index contributed by atoms with van der Waals surface area (Å²) >= 11 is 0. The Morgan fingerprint density at radius 3 is 1.10 bits per heavy atom. The molecule has 2 aromatic heterocycles. The monoisotopic (exact) mass is 1080 g/mol. The van der Waals surface area contributed by atoms with E-state index in [9.17, 15) is 5.26 Å². The minimum Gasteiger partial charge on any atom is -0.309 e. The summed E-state index contributed by atoms with van der Waals surface area (Å²) in [4.78, 5) is 0. The topological polar surface area (TPSA) is 33.6 Å². The molecule has 0 atom stereocenters. The van der Waals surface area contributed by atoms with Crippen LogP contribution in [0.4, 0.5) is 13.2 Å². The number of halogens is 3. The van der Waals surface area contributed by atoms with Crippen molar-refractivity contribution in [3.63, 3.8) is 0 Å². The van der Waals surface area contributed by atoms with Gasteiger partial charge < -0.3 is 9.13 Å². The molecule has 0 spiro atoms. The average molecular weight is 1080 g/mol. The second-order valence-corrected chi connectivity index (χ2v) is 23.2. The van der Waals surface area contributed by atoms with E-state index in [0.29, 0.717) is 27.8 Å². The molecule has 0 fully saturated rings. The van der Waals surface area contributed by atoms with Crippen molar-refractivity contribution in [2.75, 3.05) is 0 Å². The van der Waals surface area contributed by atoms with Gasteiger partial charge in [0.2, 0.25) is 0 Å². The second-order valence-electron chi connectivity index (χ2n) is 23.2. The Hall–Kier alpha value is -9.70. The molecule has 0 saturated heterocycles. The molecule has 0 aliphatic carbocycles. The fourth-order valence-corrected chi connectivity index (χ4v) is 13.3. The Kier molecular flexibility index (Phi) is 12.7. The van der Waals surface area contributed by atoms with Gasteiger partial charge in [0, 0.05) is 32.8 Å². The van der Waals surface area contributed by atoms with E-state index < -0.39 is 11.7 Å². The van der Waals surface area contributed by atoms with Gasteiger partial charge in [-0.1, -0.05) is 160 Å². The lowest BCUT2D eigenvalue weighted by atomic mass is 9.87. The van der Waals surface area contributed by atoms with Gasteiger partial charge in [-0.3, -0.25) is 0 Å². The summed E-state index contributed by atoms with van der Waals surface area (Å²) in [6.07, 6.45) is -4.67. The molecular weight excluding hydrogens is 1020 g/mol. The van der Waals surface area contributed by atoms with Gasteiger partial charge in [-0.25, -0.2) is 0 Å². The molecule has 0 aliphatic rings. The van der Waals surface area contributed by atoms with Crippen molar-refractivity contribution in [2.45, 2.75) is 68.5 Å². The van der Waals surface area contributed by atoms with E-state index in [1.165, 1.54) is 56.6 Å². The molecule has 3 nitrogen and oxygen atoms in total. The van der Waals surface area contributed by atoms with Gasteiger partial charge >= 0.3 is 6.18 Å². The van der Waals surface area contributed by atoms with E-state index in [1.54, 1.807) is 13.0 Å². The first-order valence-electron chi connectivity index (χ1n) is 28.2. The molecule has 0 amide bonds. The van der Waals surface area contributed by atoms with E-state index in [-0.39, 0.29) is 5.56 Å². The van der Waals surface area contributed by atoms with Gasteiger partial charge in [-0.2, -0.15) is 18.4 Å². The number of nitrogens with zero attached hydrogens (tertiary/aromatic N) is 3. The Balaban J connectivity index is 1.12. The zero-order valence-corrected chi connectivity index (χ0v) is 48.0. The smallest absolute Gasteiger partial charge is 0.309 e. The van der Waals surface area contributed by atoms with Crippen molar-refractivity contribution in [2.24, 2.45) is 0 Å². The fraction of sp³-hybridized carbons (Fsp3) is 0.130. The molecule has 0 unspecified atom stereocenters. The largest absolute Gasteiger partial charge is 0.417 e. The van der Waals surface area contributed by atoms with Crippen LogP contribution in [0.1, 0.15) is 61.2 Å². The van der Waals surface area contributed by atoms with Gasteiger partial charge in [0.15, 0.2) is 0 Å². The van der Waals surface area contributed by atoms with Crippen LogP contribution in [-0.2, 0) is 6.18 Å². The van der Waals surface area contributed by atoms with E-state index in [0.717, 1.165) is 99.5 Å². The maximum absolute atomic E-state index is 15.6. The number of fused-ring (bicyclic) bond motifs is 6. The second kappa shape index (κ2) is 20.1. The highest BCUT2D eigenvalue weighted by Crippen LogP contribution is 2.48. The zero-order valence-electron chi connectivity index (χ0n) is 48.0. The molecule has 404 valence electrons. The van der Waals surface area contributed by atoms with Gasteiger partial charge in [-0.15, -0.1) is 0 Å². The van der Waals surface area contributed by atoms with E-state index >= 15 is 13.2 Å². The Bertz CT molecular complexity index is 4600. The zero-order chi connectivity index (χ0) is 57.7. The van der Waals surface area contributed by atoms with E-state index in [1.807, 2.05) is 36.4 Å². The molecular formula is C77H60F3N3. The molecule has 0 bridgehead atoms. The SMILES string of the molecule is Cc1cc(C)cc(-c2ccc3c(c2)c2cc(-c4cc(C)cc(C)c4)ccc2n3-c2ccc(-c3c(C)cccc3C(F)(F)F)c(-c3cc(C#N)ccc3-n3c4ccc(-c5cc(C)cc(C)c5)cc4c4cc(-c5cc(C)cc(C)c5)ccc43)c2)c1. The number of aryl methyl sites for hydroxylation is 9. The third-order valence-corrected chi connectivity index (χ3v) is 16.5. The molecule has 0 N–H and O–H groups in total. The Labute approximate surface area is 482 Å². The summed E-state index contributed by atoms with van der Waals surface area (Å²) in [5.74, 6) is 0. The molecule has 2 heterocycles. The number of benzene rings is 11. The maximum atomic E-state index is 15.6. The van der Waals surface area contributed by atoms with Crippen LogP contribution in [0.3, 0.4) is 0 Å². The first-order chi connectivity index (χ1) is 39.8. The highest BCUT2D eigenvalue weighted by molar-refractivity contribution is 6.14. The fourth-order valence-electron chi connectivity index (χ4n) is 13.3. The van der Waals surface area contributed by atoms with Crippen LogP contribution in [0, 0.1) is 73.6 Å². The summed E-state index contributed by atoms with van der Waals surface area (Å²) in [6.45, 7) is 18.7. The molecule has 83 heavy (non-hydrogen) atoms. The van der Waals surface area contributed by atoms with Crippen LogP contribution >= 0.6 is 0 Å². The summed E-state index contributed by atoms with van der Waals surface area (Å²) in [6, 6.07) is 71.2.